The Morgan fingerprint density at radius 2 is 2.20 bits per heavy atom. The highest BCUT2D eigenvalue weighted by atomic mass is 35.5. The Morgan fingerprint density at radius 1 is 1.60 bits per heavy atom. The van der Waals surface area contributed by atoms with E-state index in [1.165, 1.54) is 4.90 Å². The van der Waals surface area contributed by atoms with Crippen molar-refractivity contribution < 1.29 is 14.6 Å². The molecule has 0 unspecified atom stereocenters. The van der Waals surface area contributed by atoms with Crippen LogP contribution < -0.4 is 0 Å². The molecule has 1 amide bonds. The van der Waals surface area contributed by atoms with E-state index in [-0.39, 0.29) is 18.0 Å². The number of alkyl halides is 1. The monoisotopic (exact) mass is 235 g/mol. The number of hydrogen-bond acceptors (Lipinski definition) is 3. The molecule has 1 heterocycles. The molecule has 1 aliphatic heterocycles. The minimum absolute atomic E-state index is 0.0670. The molecule has 2 atom stereocenters. The Labute approximate surface area is 95.2 Å². The Morgan fingerprint density at radius 3 is 2.67 bits per heavy atom. The number of nitrogens with zero attached hydrogens (tertiary/aromatic N) is 1. The number of likely N-dealkylation sites (tertiary alicyclic amines) is 1. The van der Waals surface area contributed by atoms with Crippen LogP contribution in [0.15, 0.2) is 0 Å². The molecule has 0 aliphatic carbocycles. The first-order valence-electron chi connectivity index (χ1n) is 5.08. The van der Waals surface area contributed by atoms with Crippen molar-refractivity contribution in [3.63, 3.8) is 0 Å². The molecule has 1 rings (SSSR count). The van der Waals surface area contributed by atoms with Gasteiger partial charge in [0.2, 0.25) is 0 Å². The van der Waals surface area contributed by atoms with E-state index in [0.29, 0.717) is 13.0 Å². The second kappa shape index (κ2) is 4.58. The van der Waals surface area contributed by atoms with Crippen molar-refractivity contribution in [1.29, 1.82) is 0 Å². The number of halogens is 1. The molecule has 88 valence electrons. The molecule has 0 aromatic rings. The number of rotatable bonds is 1. The molecule has 0 aromatic heterocycles. The fourth-order valence-corrected chi connectivity index (χ4v) is 1.93. The quantitative estimate of drug-likeness (QED) is 0.703. The molecule has 1 aliphatic rings. The van der Waals surface area contributed by atoms with Gasteiger partial charge in [-0.2, -0.15) is 0 Å². The van der Waals surface area contributed by atoms with E-state index >= 15 is 0 Å². The molecule has 0 saturated carbocycles. The molecule has 5 heteroatoms. The van der Waals surface area contributed by atoms with Crippen LogP contribution in [0.25, 0.3) is 0 Å². The van der Waals surface area contributed by atoms with E-state index in [9.17, 15) is 4.79 Å². The summed E-state index contributed by atoms with van der Waals surface area (Å²) in [5.74, 6) is 0. The lowest BCUT2D eigenvalue weighted by Crippen LogP contribution is -2.41. The van der Waals surface area contributed by atoms with Gasteiger partial charge in [0.15, 0.2) is 0 Å². The Hall–Kier alpha value is -0.480. The Kier molecular flexibility index (Phi) is 3.84. The van der Waals surface area contributed by atoms with Crippen molar-refractivity contribution in [3.8, 4) is 0 Å². The highest BCUT2D eigenvalue weighted by Gasteiger charge is 2.36. The molecule has 1 N–H and O–H groups in total. The standard InChI is InChI=1S/C10H18ClNO3/c1-10(2,3)15-9(14)12-5-7(11)4-8(12)6-13/h7-8,13H,4-6H2,1-3H3/t7-,8-/m0/s1. The third-order valence-electron chi connectivity index (χ3n) is 2.20. The molecular weight excluding hydrogens is 218 g/mol. The number of aliphatic hydroxyl groups is 1. The van der Waals surface area contributed by atoms with Crippen molar-refractivity contribution in [2.45, 2.75) is 44.2 Å². The Balaban J connectivity index is 2.59. The second-order valence-electron chi connectivity index (χ2n) is 4.80. The van der Waals surface area contributed by atoms with Gasteiger partial charge in [0, 0.05) is 6.54 Å². The number of ether oxygens (including phenoxy) is 1. The first-order chi connectivity index (χ1) is 6.83. The molecule has 4 nitrogen and oxygen atoms in total. The number of hydrogen-bond donors (Lipinski definition) is 1. The fraction of sp³-hybridized carbons (Fsp3) is 0.900. The van der Waals surface area contributed by atoms with E-state index in [1.54, 1.807) is 0 Å². The number of carbonyl (C=O) groups excluding carboxylic acids is 1. The topological polar surface area (TPSA) is 49.8 Å². The Bertz CT molecular complexity index is 239. The summed E-state index contributed by atoms with van der Waals surface area (Å²) >= 11 is 5.94. The summed E-state index contributed by atoms with van der Waals surface area (Å²) in [5, 5.41) is 9.01. The average molecular weight is 236 g/mol. The van der Waals surface area contributed by atoms with E-state index < -0.39 is 11.7 Å². The third-order valence-corrected chi connectivity index (χ3v) is 2.52. The highest BCUT2D eigenvalue weighted by Crippen LogP contribution is 2.23. The zero-order chi connectivity index (χ0) is 11.6. The van der Waals surface area contributed by atoms with Gasteiger partial charge in [-0.3, -0.25) is 0 Å². The smallest absolute Gasteiger partial charge is 0.410 e. The second-order valence-corrected chi connectivity index (χ2v) is 5.42. The zero-order valence-electron chi connectivity index (χ0n) is 9.36. The minimum Gasteiger partial charge on any atom is -0.444 e. The number of carbonyl (C=O) groups is 1. The maximum Gasteiger partial charge on any atom is 0.410 e. The van der Waals surface area contributed by atoms with Gasteiger partial charge in [0.05, 0.1) is 18.0 Å². The summed E-state index contributed by atoms with van der Waals surface area (Å²) in [6.45, 7) is 5.82. The fourth-order valence-electron chi connectivity index (χ4n) is 1.58. The van der Waals surface area contributed by atoms with Gasteiger partial charge in [0.1, 0.15) is 5.60 Å². The molecule has 0 aromatic carbocycles. The van der Waals surface area contributed by atoms with Crippen LogP contribution in [-0.2, 0) is 4.74 Å². The lowest BCUT2D eigenvalue weighted by molar-refractivity contribution is 0.0176. The van der Waals surface area contributed by atoms with Crippen molar-refractivity contribution in [2.24, 2.45) is 0 Å². The molecule has 0 bridgehead atoms. The van der Waals surface area contributed by atoms with E-state index in [1.807, 2.05) is 20.8 Å². The van der Waals surface area contributed by atoms with E-state index in [2.05, 4.69) is 0 Å². The van der Waals surface area contributed by atoms with Gasteiger partial charge in [-0.1, -0.05) is 0 Å². The molecule has 1 fully saturated rings. The van der Waals surface area contributed by atoms with E-state index in [4.69, 9.17) is 21.4 Å². The van der Waals surface area contributed by atoms with Gasteiger partial charge in [-0.15, -0.1) is 11.6 Å². The molecule has 0 spiro atoms. The van der Waals surface area contributed by atoms with Crippen molar-refractivity contribution in [3.05, 3.63) is 0 Å². The van der Waals surface area contributed by atoms with Crippen molar-refractivity contribution in [1.82, 2.24) is 4.90 Å². The van der Waals surface area contributed by atoms with Gasteiger partial charge >= 0.3 is 6.09 Å². The van der Waals surface area contributed by atoms with Crippen LogP contribution in [0.3, 0.4) is 0 Å². The summed E-state index contributed by atoms with van der Waals surface area (Å²) in [5.41, 5.74) is -0.512. The summed E-state index contributed by atoms with van der Waals surface area (Å²) in [4.78, 5) is 13.2. The number of aliphatic hydroxyl groups excluding tert-OH is 1. The predicted molar refractivity (Wildman–Crippen MR) is 58.1 cm³/mol. The van der Waals surface area contributed by atoms with Crippen LogP contribution in [0.2, 0.25) is 0 Å². The van der Waals surface area contributed by atoms with Gasteiger partial charge in [-0.05, 0) is 27.2 Å². The normalized spacial score (nSPS) is 26.9. The first-order valence-corrected chi connectivity index (χ1v) is 5.51. The van der Waals surface area contributed by atoms with Crippen molar-refractivity contribution >= 4 is 17.7 Å². The van der Waals surface area contributed by atoms with Crippen LogP contribution >= 0.6 is 11.6 Å². The minimum atomic E-state index is -0.512. The average Bonchev–Trinajstić information content (AvgIpc) is 2.43. The largest absolute Gasteiger partial charge is 0.444 e. The van der Waals surface area contributed by atoms with Gasteiger partial charge in [0.25, 0.3) is 0 Å². The lowest BCUT2D eigenvalue weighted by Gasteiger charge is -2.27. The lowest BCUT2D eigenvalue weighted by atomic mass is 10.2. The van der Waals surface area contributed by atoms with E-state index in [0.717, 1.165) is 0 Å². The zero-order valence-corrected chi connectivity index (χ0v) is 10.1. The number of amides is 1. The van der Waals surface area contributed by atoms with Crippen LogP contribution in [0, 0.1) is 0 Å². The summed E-state index contributed by atoms with van der Waals surface area (Å²) < 4.78 is 5.22. The van der Waals surface area contributed by atoms with Gasteiger partial charge in [-0.25, -0.2) is 4.79 Å². The highest BCUT2D eigenvalue weighted by molar-refractivity contribution is 6.21. The SMILES string of the molecule is CC(C)(C)OC(=O)N1C[C@@H](Cl)C[C@H]1CO. The van der Waals surface area contributed by atoms with Crippen LogP contribution in [0.1, 0.15) is 27.2 Å². The summed E-state index contributed by atoms with van der Waals surface area (Å²) in [7, 11) is 0. The van der Waals surface area contributed by atoms with Crippen molar-refractivity contribution in [2.75, 3.05) is 13.2 Å². The summed E-state index contributed by atoms with van der Waals surface area (Å²) in [6.07, 6.45) is 0.224. The van der Waals surface area contributed by atoms with Crippen LogP contribution in [-0.4, -0.2) is 46.3 Å². The molecule has 1 saturated heterocycles. The van der Waals surface area contributed by atoms with Crippen LogP contribution in [0.5, 0.6) is 0 Å². The van der Waals surface area contributed by atoms with Crippen LogP contribution in [0.4, 0.5) is 4.79 Å². The molecule has 0 radical (unpaired) electrons. The third kappa shape index (κ3) is 3.54. The molecular formula is C10H18ClNO3. The maximum absolute atomic E-state index is 11.7. The first kappa shape index (κ1) is 12.6. The summed E-state index contributed by atoms with van der Waals surface area (Å²) in [6, 6.07) is -0.206. The maximum atomic E-state index is 11.7. The van der Waals surface area contributed by atoms with Gasteiger partial charge < -0.3 is 14.7 Å². The molecule has 15 heavy (non-hydrogen) atoms. The predicted octanol–water partition coefficient (Wildman–Crippen LogP) is 1.60.